The first-order valence-corrected chi connectivity index (χ1v) is 15.0. The molecule has 0 radical (unpaired) electrons. The lowest BCUT2D eigenvalue weighted by Crippen LogP contribution is -2.45. The summed E-state index contributed by atoms with van der Waals surface area (Å²) in [4.78, 5) is 54.8. The minimum Gasteiger partial charge on any atom is -0.456 e. The van der Waals surface area contributed by atoms with Gasteiger partial charge in [0.1, 0.15) is 22.4 Å². The number of imide groups is 1. The molecule has 1 aromatic carbocycles. The van der Waals surface area contributed by atoms with Crippen LogP contribution in [0.25, 0.3) is 0 Å². The van der Waals surface area contributed by atoms with E-state index >= 15 is 0 Å². The van der Waals surface area contributed by atoms with Gasteiger partial charge in [0, 0.05) is 6.54 Å². The van der Waals surface area contributed by atoms with E-state index in [1.54, 1.807) is 68.4 Å². The van der Waals surface area contributed by atoms with Crippen LogP contribution < -0.4 is 4.74 Å². The van der Waals surface area contributed by atoms with E-state index < -0.39 is 59.2 Å². The molecule has 0 unspecified atom stereocenters. The topological polar surface area (TPSA) is 127 Å². The standard InChI is InChI=1S/C32H48BNO10/c1-28(2,3)40-25(36)22-21-19(15-17-34(24(21)35)26(37)41-29(4,5)6)18-20(23(22)39-27(38)42-30(7,8)9)14-16-33-43-31(10,11)32(12,13)44-33/h18H,14-17H2,1-13H3. The SMILES string of the molecule is CC(C)(C)OC(=O)Oc1c(CCB2OC(C)(C)C(C)(C)O2)cc2c(c1C(=O)OC(C)(C)C)C(=O)N(C(=O)OC(C)(C)C)CC2. The van der Waals surface area contributed by atoms with Crippen molar-refractivity contribution in [2.24, 2.45) is 0 Å². The maximum Gasteiger partial charge on any atom is 0.514 e. The highest BCUT2D eigenvalue weighted by Gasteiger charge is 2.51. The molecule has 0 N–H and O–H groups in total. The van der Waals surface area contributed by atoms with Gasteiger partial charge in [0.15, 0.2) is 5.75 Å². The summed E-state index contributed by atoms with van der Waals surface area (Å²) in [5.74, 6) is -1.82. The summed E-state index contributed by atoms with van der Waals surface area (Å²) in [6.45, 7) is 23.0. The third kappa shape index (κ3) is 8.53. The first-order chi connectivity index (χ1) is 19.8. The van der Waals surface area contributed by atoms with Crippen LogP contribution in [0, 0.1) is 0 Å². The summed E-state index contributed by atoms with van der Waals surface area (Å²) >= 11 is 0. The number of hydrogen-bond donors (Lipinski definition) is 0. The summed E-state index contributed by atoms with van der Waals surface area (Å²) in [5.41, 5.74) is -3.18. The van der Waals surface area contributed by atoms with E-state index in [1.165, 1.54) is 0 Å². The Labute approximate surface area is 261 Å². The molecule has 0 saturated carbocycles. The van der Waals surface area contributed by atoms with Gasteiger partial charge in [-0.3, -0.25) is 4.79 Å². The molecule has 0 bridgehead atoms. The molecule has 0 atom stereocenters. The number of amides is 2. The van der Waals surface area contributed by atoms with Crippen LogP contribution in [-0.2, 0) is 36.4 Å². The van der Waals surface area contributed by atoms with Gasteiger partial charge in [0.05, 0.1) is 16.8 Å². The lowest BCUT2D eigenvalue weighted by Gasteiger charge is -2.32. The summed E-state index contributed by atoms with van der Waals surface area (Å²) in [6.07, 6.45) is -1.04. The molecule has 11 nitrogen and oxygen atoms in total. The molecule has 44 heavy (non-hydrogen) atoms. The zero-order valence-electron chi connectivity index (χ0n) is 28.5. The first kappa shape index (κ1) is 35.4. The average Bonchev–Trinajstić information content (AvgIpc) is 3.00. The van der Waals surface area contributed by atoms with Crippen molar-refractivity contribution in [1.29, 1.82) is 0 Å². The highest BCUT2D eigenvalue weighted by molar-refractivity contribution is 6.45. The quantitative estimate of drug-likeness (QED) is 0.156. The summed E-state index contributed by atoms with van der Waals surface area (Å²) < 4.78 is 34.7. The fourth-order valence-electron chi connectivity index (χ4n) is 4.72. The maximum absolute atomic E-state index is 13.9. The molecule has 2 amide bonds. The molecular weight excluding hydrogens is 569 g/mol. The number of carbonyl (C=O) groups is 4. The van der Waals surface area contributed by atoms with Gasteiger partial charge in [-0.1, -0.05) is 6.07 Å². The van der Waals surface area contributed by atoms with E-state index in [4.69, 9.17) is 28.3 Å². The molecule has 2 aliphatic heterocycles. The van der Waals surface area contributed by atoms with Crippen molar-refractivity contribution >= 4 is 31.2 Å². The fourth-order valence-corrected chi connectivity index (χ4v) is 4.72. The largest absolute Gasteiger partial charge is 0.514 e. The lowest BCUT2D eigenvalue weighted by molar-refractivity contribution is 0.00494. The van der Waals surface area contributed by atoms with E-state index in [2.05, 4.69) is 0 Å². The molecule has 244 valence electrons. The van der Waals surface area contributed by atoms with Crippen LogP contribution in [0.5, 0.6) is 5.75 Å². The monoisotopic (exact) mass is 617 g/mol. The van der Waals surface area contributed by atoms with Gasteiger partial charge < -0.3 is 28.3 Å². The van der Waals surface area contributed by atoms with Gasteiger partial charge in [0.2, 0.25) is 0 Å². The number of carbonyl (C=O) groups excluding carboxylic acids is 4. The van der Waals surface area contributed by atoms with Gasteiger partial charge in [0.25, 0.3) is 5.91 Å². The Balaban J connectivity index is 2.17. The predicted octanol–water partition coefficient (Wildman–Crippen LogP) is 6.52. The molecule has 0 aliphatic carbocycles. The van der Waals surface area contributed by atoms with Crippen LogP contribution in [0.2, 0.25) is 6.32 Å². The normalized spacial score (nSPS) is 18.1. The number of aryl methyl sites for hydroxylation is 1. The Morgan fingerprint density at radius 2 is 1.39 bits per heavy atom. The Morgan fingerprint density at radius 1 is 0.864 bits per heavy atom. The second kappa shape index (κ2) is 12.0. The van der Waals surface area contributed by atoms with Crippen molar-refractivity contribution < 1.29 is 47.4 Å². The minimum absolute atomic E-state index is 0.0391. The van der Waals surface area contributed by atoms with Crippen LogP contribution >= 0.6 is 0 Å². The van der Waals surface area contributed by atoms with Gasteiger partial charge in [-0.05, 0) is 120 Å². The first-order valence-electron chi connectivity index (χ1n) is 15.0. The average molecular weight is 618 g/mol. The van der Waals surface area contributed by atoms with Crippen molar-refractivity contribution in [1.82, 2.24) is 4.90 Å². The van der Waals surface area contributed by atoms with E-state index in [9.17, 15) is 19.2 Å². The fraction of sp³-hybridized carbons (Fsp3) is 0.688. The van der Waals surface area contributed by atoms with Crippen LogP contribution in [0.1, 0.15) is 122 Å². The third-order valence-corrected chi connectivity index (χ3v) is 7.25. The number of ether oxygens (including phenoxy) is 4. The lowest BCUT2D eigenvalue weighted by atomic mass is 9.80. The molecule has 2 aliphatic rings. The molecule has 12 heteroatoms. The second-order valence-corrected chi connectivity index (χ2v) is 15.3. The van der Waals surface area contributed by atoms with Gasteiger partial charge in [-0.25, -0.2) is 19.3 Å². The number of rotatable bonds is 5. The number of benzene rings is 1. The molecule has 0 aromatic heterocycles. The van der Waals surface area contributed by atoms with E-state index in [0.29, 0.717) is 17.4 Å². The molecule has 1 saturated heterocycles. The smallest absolute Gasteiger partial charge is 0.456 e. The van der Waals surface area contributed by atoms with Crippen molar-refractivity contribution in [3.63, 3.8) is 0 Å². The van der Waals surface area contributed by atoms with Crippen LogP contribution in [0.3, 0.4) is 0 Å². The highest BCUT2D eigenvalue weighted by Crippen LogP contribution is 2.40. The van der Waals surface area contributed by atoms with Crippen molar-refractivity contribution in [2.45, 2.75) is 137 Å². The zero-order valence-corrected chi connectivity index (χ0v) is 28.5. The van der Waals surface area contributed by atoms with Crippen molar-refractivity contribution in [3.8, 4) is 5.75 Å². The zero-order chi connectivity index (χ0) is 33.6. The number of hydrogen-bond acceptors (Lipinski definition) is 10. The predicted molar refractivity (Wildman–Crippen MR) is 164 cm³/mol. The molecular formula is C32H48BNO10. The van der Waals surface area contributed by atoms with Crippen LogP contribution in [-0.4, -0.2) is 70.7 Å². The van der Waals surface area contributed by atoms with Crippen molar-refractivity contribution in [3.05, 3.63) is 28.3 Å². The van der Waals surface area contributed by atoms with E-state index in [0.717, 1.165) is 4.90 Å². The molecule has 3 rings (SSSR count). The summed E-state index contributed by atoms with van der Waals surface area (Å²) in [7, 11) is -0.570. The second-order valence-electron chi connectivity index (χ2n) is 15.3. The maximum atomic E-state index is 13.9. The molecule has 0 spiro atoms. The molecule has 2 heterocycles. The van der Waals surface area contributed by atoms with Gasteiger partial charge >= 0.3 is 25.3 Å². The van der Waals surface area contributed by atoms with Gasteiger partial charge in [-0.2, -0.15) is 0 Å². The minimum atomic E-state index is -1.06. The summed E-state index contributed by atoms with van der Waals surface area (Å²) in [6, 6.07) is 1.72. The molecule has 1 fully saturated rings. The number of fused-ring (bicyclic) bond motifs is 1. The molecule has 1 aromatic rings. The highest BCUT2D eigenvalue weighted by atomic mass is 16.7. The van der Waals surface area contributed by atoms with E-state index in [-0.39, 0.29) is 36.3 Å². The third-order valence-electron chi connectivity index (χ3n) is 7.25. The Kier molecular flexibility index (Phi) is 9.65. The Bertz CT molecular complexity index is 1300. The Hall–Kier alpha value is -3.12. The number of esters is 1. The van der Waals surface area contributed by atoms with Crippen LogP contribution in [0.15, 0.2) is 6.07 Å². The van der Waals surface area contributed by atoms with Gasteiger partial charge in [-0.15, -0.1) is 0 Å². The Morgan fingerprint density at radius 3 is 1.89 bits per heavy atom. The van der Waals surface area contributed by atoms with Crippen LogP contribution in [0.4, 0.5) is 9.59 Å². The number of nitrogens with zero attached hydrogens (tertiary/aromatic N) is 1. The van der Waals surface area contributed by atoms with E-state index in [1.807, 2.05) is 27.7 Å². The van der Waals surface area contributed by atoms with Crippen molar-refractivity contribution in [2.75, 3.05) is 6.54 Å². The summed E-state index contributed by atoms with van der Waals surface area (Å²) in [5, 5.41) is 0.